The zero-order valence-corrected chi connectivity index (χ0v) is 17.0. The number of aryl methyl sites for hydroxylation is 1. The van der Waals surface area contributed by atoms with Crippen LogP contribution in [0.25, 0.3) is 22.4 Å². The summed E-state index contributed by atoms with van der Waals surface area (Å²) < 4.78 is 11.1. The number of hydrogen-bond acceptors (Lipinski definition) is 6. The second-order valence-corrected chi connectivity index (χ2v) is 7.83. The maximum atomic E-state index is 12.3. The number of amides is 1. The number of aromatic nitrogens is 2. The van der Waals surface area contributed by atoms with Gasteiger partial charge in [-0.1, -0.05) is 53.2 Å². The minimum absolute atomic E-state index is 0.0683. The highest BCUT2D eigenvalue weighted by atomic mass is 32.2. The summed E-state index contributed by atoms with van der Waals surface area (Å²) in [5.74, 6) is 2.51. The topological polar surface area (TPSA) is 81.2 Å². The van der Waals surface area contributed by atoms with Crippen LogP contribution in [0.4, 0.5) is 0 Å². The van der Waals surface area contributed by atoms with Crippen LogP contribution in [0.2, 0.25) is 0 Å². The van der Waals surface area contributed by atoms with Crippen LogP contribution < -0.4 is 5.32 Å². The summed E-state index contributed by atoms with van der Waals surface area (Å²) in [7, 11) is 0. The van der Waals surface area contributed by atoms with Crippen LogP contribution in [-0.2, 0) is 10.5 Å². The van der Waals surface area contributed by atoms with Crippen molar-refractivity contribution in [3.8, 4) is 11.4 Å². The normalized spacial score (nSPS) is 12.2. The van der Waals surface area contributed by atoms with Gasteiger partial charge in [0.25, 0.3) is 0 Å². The second kappa shape index (κ2) is 8.53. The minimum atomic E-state index is -0.202. The number of thioether (sulfide) groups is 1. The van der Waals surface area contributed by atoms with Crippen molar-refractivity contribution in [1.82, 2.24) is 15.5 Å². The van der Waals surface area contributed by atoms with E-state index in [2.05, 4.69) is 15.5 Å². The highest BCUT2D eigenvalue weighted by molar-refractivity contribution is 7.99. The molecule has 29 heavy (non-hydrogen) atoms. The molecule has 0 saturated carbocycles. The molecule has 0 aliphatic rings. The van der Waals surface area contributed by atoms with E-state index in [9.17, 15) is 4.79 Å². The Kier molecular flexibility index (Phi) is 5.67. The van der Waals surface area contributed by atoms with Crippen molar-refractivity contribution in [1.29, 1.82) is 0 Å². The first-order valence-corrected chi connectivity index (χ1v) is 10.5. The number of para-hydroxylation sites is 1. The number of rotatable bonds is 7. The van der Waals surface area contributed by atoms with E-state index in [0.717, 1.165) is 22.3 Å². The number of hydrogen-bond donors (Lipinski definition) is 1. The molecule has 0 saturated heterocycles. The molecule has 4 aromatic rings. The quantitative estimate of drug-likeness (QED) is 0.469. The van der Waals surface area contributed by atoms with E-state index < -0.39 is 0 Å². The molecule has 0 spiro atoms. The number of benzene rings is 2. The van der Waals surface area contributed by atoms with E-state index in [1.54, 1.807) is 0 Å². The zero-order chi connectivity index (χ0) is 20.2. The first-order chi connectivity index (χ1) is 14.1. The Bertz CT molecular complexity index is 1080. The SMILES string of the molecule is Cc1ccc(-c2noc(CSCC(=O)N[C@@H](C)c3cc4ccccc4o3)n2)cc1. The molecule has 0 unspecified atom stereocenters. The van der Waals surface area contributed by atoms with E-state index in [0.29, 0.717) is 23.2 Å². The average molecular weight is 407 g/mol. The predicted octanol–water partition coefficient (Wildman–Crippen LogP) is 4.90. The number of carbonyl (C=O) groups excluding carboxylic acids is 1. The Morgan fingerprint density at radius 2 is 1.97 bits per heavy atom. The van der Waals surface area contributed by atoms with Crippen molar-refractivity contribution in [2.24, 2.45) is 0 Å². The second-order valence-electron chi connectivity index (χ2n) is 6.85. The molecule has 2 aromatic carbocycles. The molecule has 1 amide bonds. The first kappa shape index (κ1) is 19.3. The lowest BCUT2D eigenvalue weighted by atomic mass is 10.1. The van der Waals surface area contributed by atoms with Gasteiger partial charge in [-0.3, -0.25) is 4.79 Å². The van der Waals surface area contributed by atoms with E-state index in [1.807, 2.05) is 68.4 Å². The van der Waals surface area contributed by atoms with Gasteiger partial charge < -0.3 is 14.3 Å². The van der Waals surface area contributed by atoms with Crippen molar-refractivity contribution in [2.45, 2.75) is 25.6 Å². The Morgan fingerprint density at radius 3 is 2.76 bits per heavy atom. The van der Waals surface area contributed by atoms with Gasteiger partial charge >= 0.3 is 0 Å². The minimum Gasteiger partial charge on any atom is -0.459 e. The van der Waals surface area contributed by atoms with Crippen LogP contribution in [0.3, 0.4) is 0 Å². The summed E-state index contributed by atoms with van der Waals surface area (Å²) in [4.78, 5) is 16.6. The molecule has 148 valence electrons. The summed E-state index contributed by atoms with van der Waals surface area (Å²) in [6.45, 7) is 3.94. The molecule has 2 heterocycles. The van der Waals surface area contributed by atoms with Gasteiger partial charge in [0.15, 0.2) is 0 Å². The molecule has 0 fully saturated rings. The maximum absolute atomic E-state index is 12.3. The monoisotopic (exact) mass is 407 g/mol. The van der Waals surface area contributed by atoms with Crippen molar-refractivity contribution in [3.63, 3.8) is 0 Å². The Hall–Kier alpha value is -3.06. The summed E-state index contributed by atoms with van der Waals surface area (Å²) in [5.41, 5.74) is 2.91. The molecule has 4 rings (SSSR count). The number of nitrogens with zero attached hydrogens (tertiary/aromatic N) is 2. The van der Waals surface area contributed by atoms with Crippen molar-refractivity contribution >= 4 is 28.6 Å². The van der Waals surface area contributed by atoms with E-state index in [1.165, 1.54) is 17.3 Å². The van der Waals surface area contributed by atoms with Gasteiger partial charge in [0, 0.05) is 10.9 Å². The predicted molar refractivity (Wildman–Crippen MR) is 113 cm³/mol. The molecule has 1 atom stereocenters. The Labute approximate surface area is 172 Å². The number of furan rings is 1. The fourth-order valence-electron chi connectivity index (χ4n) is 2.93. The van der Waals surface area contributed by atoms with E-state index in [-0.39, 0.29) is 11.9 Å². The fraction of sp³-hybridized carbons (Fsp3) is 0.227. The lowest BCUT2D eigenvalue weighted by Gasteiger charge is -2.10. The van der Waals surface area contributed by atoms with Crippen LogP contribution in [0.15, 0.2) is 63.5 Å². The largest absolute Gasteiger partial charge is 0.459 e. The molecule has 0 radical (unpaired) electrons. The smallest absolute Gasteiger partial charge is 0.236 e. The lowest BCUT2D eigenvalue weighted by Crippen LogP contribution is -2.28. The maximum Gasteiger partial charge on any atom is 0.236 e. The Balaban J connectivity index is 1.27. The highest BCUT2D eigenvalue weighted by Crippen LogP contribution is 2.24. The number of carbonyl (C=O) groups is 1. The highest BCUT2D eigenvalue weighted by Gasteiger charge is 2.15. The van der Waals surface area contributed by atoms with Gasteiger partial charge in [-0.2, -0.15) is 4.98 Å². The van der Waals surface area contributed by atoms with Gasteiger partial charge in [0.05, 0.1) is 17.5 Å². The van der Waals surface area contributed by atoms with E-state index in [4.69, 9.17) is 8.94 Å². The molecular formula is C22H21N3O3S. The fourth-order valence-corrected chi connectivity index (χ4v) is 3.60. The third kappa shape index (κ3) is 4.68. The summed E-state index contributed by atoms with van der Waals surface area (Å²) in [6, 6.07) is 17.5. The Morgan fingerprint density at radius 1 is 1.17 bits per heavy atom. The third-order valence-electron chi connectivity index (χ3n) is 4.49. The van der Waals surface area contributed by atoms with Crippen LogP contribution in [-0.4, -0.2) is 21.8 Å². The van der Waals surface area contributed by atoms with Crippen LogP contribution in [0.5, 0.6) is 0 Å². The molecule has 7 heteroatoms. The van der Waals surface area contributed by atoms with Crippen LogP contribution in [0.1, 0.15) is 30.2 Å². The van der Waals surface area contributed by atoms with Gasteiger partial charge in [-0.15, -0.1) is 11.8 Å². The number of fused-ring (bicyclic) bond motifs is 1. The molecule has 0 aliphatic heterocycles. The standard InChI is InChI=1S/C22H21N3O3S/c1-14-7-9-16(10-8-14)22-24-21(28-25-22)13-29-12-20(26)23-15(2)19-11-17-5-3-4-6-18(17)27-19/h3-11,15H,12-13H2,1-2H3,(H,23,26)/t15-/m0/s1. The van der Waals surface area contributed by atoms with Gasteiger partial charge in [-0.25, -0.2) is 0 Å². The zero-order valence-electron chi connectivity index (χ0n) is 16.2. The lowest BCUT2D eigenvalue weighted by molar-refractivity contribution is -0.119. The summed E-state index contributed by atoms with van der Waals surface area (Å²) >= 11 is 1.43. The summed E-state index contributed by atoms with van der Waals surface area (Å²) in [6.07, 6.45) is 0. The third-order valence-corrected chi connectivity index (χ3v) is 5.40. The van der Waals surface area contributed by atoms with Crippen LogP contribution in [0, 0.1) is 6.92 Å². The molecule has 0 bridgehead atoms. The van der Waals surface area contributed by atoms with Crippen molar-refractivity contribution in [3.05, 3.63) is 71.8 Å². The van der Waals surface area contributed by atoms with Gasteiger partial charge in [0.1, 0.15) is 11.3 Å². The first-order valence-electron chi connectivity index (χ1n) is 9.34. The van der Waals surface area contributed by atoms with Gasteiger partial charge in [-0.05, 0) is 26.0 Å². The molecule has 2 aromatic heterocycles. The summed E-state index contributed by atoms with van der Waals surface area (Å²) in [5, 5.41) is 8.00. The van der Waals surface area contributed by atoms with Crippen LogP contribution >= 0.6 is 11.8 Å². The molecule has 6 nitrogen and oxygen atoms in total. The molecule has 0 aliphatic carbocycles. The van der Waals surface area contributed by atoms with Crippen molar-refractivity contribution < 1.29 is 13.7 Å². The number of nitrogens with one attached hydrogen (secondary N) is 1. The van der Waals surface area contributed by atoms with E-state index >= 15 is 0 Å². The average Bonchev–Trinajstić information content (AvgIpc) is 3.35. The molecule has 1 N–H and O–H groups in total. The van der Waals surface area contributed by atoms with Gasteiger partial charge in [0.2, 0.25) is 17.6 Å². The molecular weight excluding hydrogens is 386 g/mol. The van der Waals surface area contributed by atoms with Crippen molar-refractivity contribution in [2.75, 3.05) is 5.75 Å².